The molecule has 1 aliphatic heterocycles. The molecule has 2 aliphatic carbocycles. The van der Waals surface area contributed by atoms with E-state index in [1.807, 2.05) is 50.2 Å². The van der Waals surface area contributed by atoms with Crippen LogP contribution in [0.4, 0.5) is 5.69 Å². The van der Waals surface area contributed by atoms with Gasteiger partial charge in [0.15, 0.2) is 12.4 Å². The van der Waals surface area contributed by atoms with Gasteiger partial charge in [-0.15, -0.1) is 0 Å². The van der Waals surface area contributed by atoms with E-state index in [1.54, 1.807) is 30.3 Å². The summed E-state index contributed by atoms with van der Waals surface area (Å²) < 4.78 is 6.30. The fourth-order valence-corrected chi connectivity index (χ4v) is 7.82. The van der Waals surface area contributed by atoms with Crippen molar-refractivity contribution in [3.63, 3.8) is 0 Å². The van der Waals surface area contributed by atoms with Gasteiger partial charge in [-0.05, 0) is 80.8 Å². The monoisotopic (exact) mass is 636 g/mol. The number of pyridine rings is 1. The first-order valence-electron chi connectivity index (χ1n) is 14.6. The molecular weight excluding hydrogens is 608 g/mol. The highest BCUT2D eigenvalue weighted by Crippen LogP contribution is 2.56. The van der Waals surface area contributed by atoms with E-state index >= 15 is 0 Å². The lowest BCUT2D eigenvalue weighted by Crippen LogP contribution is -2.32. The number of Topliss-reactive ketones (excluding diaryl/α,β-unsaturated/α-hetero) is 1. The summed E-state index contributed by atoms with van der Waals surface area (Å²) in [5.41, 5.74) is 5.11. The maximum atomic E-state index is 13.4. The number of ketones is 1. The number of aryl methyl sites for hydroxylation is 2. The van der Waals surface area contributed by atoms with Gasteiger partial charge in [0.25, 0.3) is 0 Å². The predicted molar refractivity (Wildman–Crippen MR) is 166 cm³/mol. The molecule has 7 rings (SSSR count). The lowest BCUT2D eigenvalue weighted by molar-refractivity contribution is -0.123. The maximum Gasteiger partial charge on any atom is 0.339 e. The Morgan fingerprint density at radius 2 is 1.56 bits per heavy atom. The third-order valence-electron chi connectivity index (χ3n) is 9.35. The Bertz CT molecular complexity index is 1800. The molecule has 8 heteroatoms. The fourth-order valence-electron chi connectivity index (χ4n) is 7.25. The minimum Gasteiger partial charge on any atom is -0.454 e. The molecule has 0 N–H and O–H groups in total. The normalized spacial score (nSPS) is 22.3. The number of nitrogens with zero attached hydrogens (tertiary/aromatic N) is 2. The second kappa shape index (κ2) is 10.5. The topological polar surface area (TPSA) is 93.6 Å². The average Bonchev–Trinajstić information content (AvgIpc) is 3.69. The second-order valence-electron chi connectivity index (χ2n) is 12.0. The first-order valence-corrected chi connectivity index (χ1v) is 15.3. The summed E-state index contributed by atoms with van der Waals surface area (Å²) in [5.74, 6) is -0.780. The number of benzene rings is 3. The van der Waals surface area contributed by atoms with Gasteiger partial charge in [0.05, 0.1) is 34.3 Å². The van der Waals surface area contributed by atoms with E-state index in [0.29, 0.717) is 45.2 Å². The van der Waals surface area contributed by atoms with Crippen molar-refractivity contribution in [3.8, 4) is 11.3 Å². The minimum atomic E-state index is -0.627. The highest BCUT2D eigenvalue weighted by Gasteiger charge is 2.61. The van der Waals surface area contributed by atoms with E-state index in [4.69, 9.17) is 9.72 Å². The van der Waals surface area contributed by atoms with Gasteiger partial charge in [-0.25, -0.2) is 9.78 Å². The van der Waals surface area contributed by atoms with Crippen molar-refractivity contribution in [1.82, 2.24) is 4.98 Å². The van der Waals surface area contributed by atoms with Gasteiger partial charge < -0.3 is 4.74 Å². The number of aromatic nitrogens is 1. The number of halogens is 1. The summed E-state index contributed by atoms with van der Waals surface area (Å²) in [7, 11) is 0. The molecule has 0 spiro atoms. The largest absolute Gasteiger partial charge is 0.454 e. The molecule has 1 saturated heterocycles. The maximum absolute atomic E-state index is 13.4. The highest BCUT2D eigenvalue weighted by atomic mass is 79.9. The molecule has 4 atom stereocenters. The fraction of sp³-hybridized carbons (Fsp3) is 0.286. The molecule has 3 aromatic carbocycles. The number of carbonyl (C=O) groups is 4. The Kier molecular flexibility index (Phi) is 6.77. The lowest BCUT2D eigenvalue weighted by atomic mass is 9.81. The molecule has 3 fully saturated rings. The van der Waals surface area contributed by atoms with E-state index in [-0.39, 0.29) is 36.0 Å². The van der Waals surface area contributed by atoms with Gasteiger partial charge in [0.2, 0.25) is 11.8 Å². The van der Waals surface area contributed by atoms with Crippen LogP contribution in [0, 0.1) is 37.5 Å². The molecule has 4 aromatic rings. The van der Waals surface area contributed by atoms with E-state index in [2.05, 4.69) is 15.9 Å². The quantitative estimate of drug-likeness (QED) is 0.130. The Morgan fingerprint density at radius 1 is 0.907 bits per heavy atom. The van der Waals surface area contributed by atoms with Gasteiger partial charge in [0, 0.05) is 21.0 Å². The Morgan fingerprint density at radius 3 is 2.21 bits per heavy atom. The number of hydrogen-bond acceptors (Lipinski definition) is 6. The number of carbonyl (C=O) groups excluding carboxylic acids is 4. The van der Waals surface area contributed by atoms with E-state index in [0.717, 1.165) is 40.4 Å². The zero-order valence-corrected chi connectivity index (χ0v) is 25.4. The first kappa shape index (κ1) is 27.7. The van der Waals surface area contributed by atoms with Crippen molar-refractivity contribution in [2.24, 2.45) is 23.7 Å². The summed E-state index contributed by atoms with van der Waals surface area (Å²) in [4.78, 5) is 58.9. The van der Waals surface area contributed by atoms with Crippen molar-refractivity contribution in [3.05, 3.63) is 93.5 Å². The first-order chi connectivity index (χ1) is 20.7. The number of amides is 2. The van der Waals surface area contributed by atoms with Crippen LogP contribution in [-0.4, -0.2) is 35.2 Å². The van der Waals surface area contributed by atoms with Crippen LogP contribution in [0.5, 0.6) is 0 Å². The van der Waals surface area contributed by atoms with Crippen molar-refractivity contribution >= 4 is 56.1 Å². The van der Waals surface area contributed by atoms with Gasteiger partial charge in [0.1, 0.15) is 0 Å². The van der Waals surface area contributed by atoms with Gasteiger partial charge in [-0.3, -0.25) is 19.3 Å². The molecule has 2 heterocycles. The number of esters is 1. The summed E-state index contributed by atoms with van der Waals surface area (Å²) in [6.45, 7) is 3.47. The highest BCUT2D eigenvalue weighted by molar-refractivity contribution is 9.10. The van der Waals surface area contributed by atoms with Crippen molar-refractivity contribution < 1.29 is 23.9 Å². The van der Waals surface area contributed by atoms with Crippen LogP contribution in [0.1, 0.15) is 51.1 Å². The number of ether oxygens (including phenoxy) is 1. The molecule has 1 aromatic heterocycles. The number of hydrogen-bond donors (Lipinski definition) is 0. The Labute approximate surface area is 257 Å². The second-order valence-corrected chi connectivity index (χ2v) is 12.9. The van der Waals surface area contributed by atoms with Gasteiger partial charge in [-0.1, -0.05) is 57.9 Å². The molecule has 2 saturated carbocycles. The van der Waals surface area contributed by atoms with Crippen LogP contribution in [0.15, 0.2) is 71.2 Å². The van der Waals surface area contributed by atoms with Crippen LogP contribution < -0.4 is 4.90 Å². The van der Waals surface area contributed by atoms with Crippen LogP contribution >= 0.6 is 15.9 Å². The zero-order valence-electron chi connectivity index (χ0n) is 23.8. The van der Waals surface area contributed by atoms with Crippen LogP contribution in [0.3, 0.4) is 0 Å². The summed E-state index contributed by atoms with van der Waals surface area (Å²) in [6, 6.07) is 19.7. The van der Waals surface area contributed by atoms with Crippen LogP contribution in [-0.2, 0) is 14.3 Å². The molecular formula is C35H29BrN2O5. The van der Waals surface area contributed by atoms with Crippen LogP contribution in [0.25, 0.3) is 22.2 Å². The third kappa shape index (κ3) is 4.68. The lowest BCUT2D eigenvalue weighted by Gasteiger charge is -2.19. The van der Waals surface area contributed by atoms with Crippen molar-refractivity contribution in [1.29, 1.82) is 0 Å². The molecule has 2 amide bonds. The third-order valence-corrected chi connectivity index (χ3v) is 9.80. The smallest absolute Gasteiger partial charge is 0.339 e. The van der Waals surface area contributed by atoms with E-state index in [9.17, 15) is 19.2 Å². The van der Waals surface area contributed by atoms with Crippen LogP contribution in [0.2, 0.25) is 0 Å². The Hall–Kier alpha value is -4.17. The summed E-state index contributed by atoms with van der Waals surface area (Å²) >= 11 is 3.51. The number of imide groups is 1. The van der Waals surface area contributed by atoms with E-state index in [1.165, 1.54) is 4.90 Å². The molecule has 3 aliphatic rings. The molecule has 0 radical (unpaired) electrons. The molecule has 7 nitrogen and oxygen atoms in total. The van der Waals surface area contributed by atoms with Crippen molar-refractivity contribution in [2.75, 3.05) is 11.5 Å². The number of anilines is 1. The SMILES string of the molecule is Cc1ccc(C(=O)COC(=O)c2cc(-c3ccc(N4C(=O)C5C6CCC(C6)C5C4=O)cc3)nc3c(C)cc(Br)cc23)cc1. The molecule has 43 heavy (non-hydrogen) atoms. The standard InChI is InChI=1S/C35H29BrN2O5/c1-18-3-5-21(6-4-18)29(39)17-43-35(42)27-16-28(37-32-19(2)13-24(36)15-26(27)32)20-9-11-25(12-10-20)38-33(40)30-22-7-8-23(14-22)31(30)34(38)41/h3-6,9-13,15-16,22-23,30-31H,7-8,14,17H2,1-2H3. The summed E-state index contributed by atoms with van der Waals surface area (Å²) in [5, 5.41) is 0.606. The molecule has 216 valence electrons. The van der Waals surface area contributed by atoms with E-state index < -0.39 is 5.97 Å². The average molecular weight is 638 g/mol. The molecule has 2 bridgehead atoms. The van der Waals surface area contributed by atoms with Crippen molar-refractivity contribution in [2.45, 2.75) is 33.1 Å². The molecule has 4 unspecified atom stereocenters. The Balaban J connectivity index is 1.18. The minimum absolute atomic E-state index is 0.0785. The number of rotatable bonds is 6. The predicted octanol–water partition coefficient (Wildman–Crippen LogP) is 6.86. The number of fused-ring (bicyclic) bond motifs is 6. The zero-order chi connectivity index (χ0) is 30.0. The van der Waals surface area contributed by atoms with Gasteiger partial charge in [-0.2, -0.15) is 0 Å². The van der Waals surface area contributed by atoms with Gasteiger partial charge >= 0.3 is 5.97 Å². The summed E-state index contributed by atoms with van der Waals surface area (Å²) in [6.07, 6.45) is 3.06.